The summed E-state index contributed by atoms with van der Waals surface area (Å²) in [7, 11) is 5.54. The SMILES string of the molecule is CCc1ncc(C2CCCN2C)c(OC)c1OC. The molecule has 4 heteroatoms. The summed E-state index contributed by atoms with van der Waals surface area (Å²) < 4.78 is 11.1. The summed E-state index contributed by atoms with van der Waals surface area (Å²) in [6.45, 7) is 3.21. The molecular formula is C14H22N2O2. The van der Waals surface area contributed by atoms with E-state index in [4.69, 9.17) is 9.47 Å². The van der Waals surface area contributed by atoms with Crippen molar-refractivity contribution < 1.29 is 9.47 Å². The Morgan fingerprint density at radius 2 is 2.06 bits per heavy atom. The van der Waals surface area contributed by atoms with Crippen LogP contribution in [0.2, 0.25) is 0 Å². The van der Waals surface area contributed by atoms with Crippen LogP contribution < -0.4 is 9.47 Å². The summed E-state index contributed by atoms with van der Waals surface area (Å²) in [5.41, 5.74) is 2.10. The van der Waals surface area contributed by atoms with E-state index in [0.717, 1.165) is 42.1 Å². The van der Waals surface area contributed by atoms with Gasteiger partial charge in [-0.15, -0.1) is 0 Å². The first-order valence-electron chi connectivity index (χ1n) is 6.52. The van der Waals surface area contributed by atoms with E-state index in [2.05, 4.69) is 23.9 Å². The van der Waals surface area contributed by atoms with Gasteiger partial charge >= 0.3 is 0 Å². The van der Waals surface area contributed by atoms with Crippen molar-refractivity contribution in [3.05, 3.63) is 17.5 Å². The molecule has 1 unspecified atom stereocenters. The molecule has 0 N–H and O–H groups in total. The lowest BCUT2D eigenvalue weighted by Crippen LogP contribution is -2.18. The van der Waals surface area contributed by atoms with E-state index in [-0.39, 0.29) is 0 Å². The summed E-state index contributed by atoms with van der Waals surface area (Å²) in [6, 6.07) is 0.396. The Kier molecular flexibility index (Phi) is 4.07. The molecule has 1 aliphatic heterocycles. The molecule has 0 radical (unpaired) electrons. The molecule has 1 aliphatic rings. The molecule has 2 rings (SSSR count). The summed E-state index contributed by atoms with van der Waals surface area (Å²) in [4.78, 5) is 6.88. The van der Waals surface area contributed by atoms with Crippen LogP contribution in [0, 0.1) is 0 Å². The van der Waals surface area contributed by atoms with Gasteiger partial charge in [0.05, 0.1) is 19.9 Å². The largest absolute Gasteiger partial charge is 0.492 e. The van der Waals surface area contributed by atoms with Crippen molar-refractivity contribution in [2.24, 2.45) is 0 Å². The predicted molar refractivity (Wildman–Crippen MR) is 71.3 cm³/mol. The molecule has 1 fully saturated rings. The van der Waals surface area contributed by atoms with Crippen molar-refractivity contribution in [3.8, 4) is 11.5 Å². The molecule has 100 valence electrons. The van der Waals surface area contributed by atoms with E-state index in [9.17, 15) is 0 Å². The Labute approximate surface area is 109 Å². The van der Waals surface area contributed by atoms with E-state index < -0.39 is 0 Å². The molecule has 1 aromatic heterocycles. The summed E-state index contributed by atoms with van der Waals surface area (Å²) in [5.74, 6) is 1.64. The number of rotatable bonds is 4. The van der Waals surface area contributed by atoms with E-state index in [1.54, 1.807) is 14.2 Å². The molecular weight excluding hydrogens is 228 g/mol. The number of likely N-dealkylation sites (tertiary alicyclic amines) is 1. The number of pyridine rings is 1. The van der Waals surface area contributed by atoms with Crippen LogP contribution in [0.4, 0.5) is 0 Å². The van der Waals surface area contributed by atoms with Crippen molar-refractivity contribution in [1.29, 1.82) is 0 Å². The van der Waals surface area contributed by atoms with Crippen molar-refractivity contribution >= 4 is 0 Å². The fourth-order valence-electron chi connectivity index (χ4n) is 2.74. The van der Waals surface area contributed by atoms with Gasteiger partial charge in [0.25, 0.3) is 0 Å². The average Bonchev–Trinajstić information content (AvgIpc) is 2.82. The fourth-order valence-corrected chi connectivity index (χ4v) is 2.74. The highest BCUT2D eigenvalue weighted by molar-refractivity contribution is 5.50. The minimum atomic E-state index is 0.396. The third-order valence-electron chi connectivity index (χ3n) is 3.71. The topological polar surface area (TPSA) is 34.6 Å². The number of methoxy groups -OCH3 is 2. The lowest BCUT2D eigenvalue weighted by molar-refractivity contribution is 0.295. The zero-order valence-corrected chi connectivity index (χ0v) is 11.7. The van der Waals surface area contributed by atoms with E-state index in [1.165, 1.54) is 6.42 Å². The number of aromatic nitrogens is 1. The van der Waals surface area contributed by atoms with Crippen LogP contribution in [0.5, 0.6) is 11.5 Å². The molecule has 0 amide bonds. The second-order valence-electron chi connectivity index (χ2n) is 4.72. The van der Waals surface area contributed by atoms with E-state index in [1.807, 2.05) is 6.20 Å². The van der Waals surface area contributed by atoms with Crippen molar-refractivity contribution in [2.45, 2.75) is 32.2 Å². The van der Waals surface area contributed by atoms with Gasteiger partial charge in [-0.1, -0.05) is 6.92 Å². The van der Waals surface area contributed by atoms with Gasteiger partial charge in [0.15, 0.2) is 11.5 Å². The Morgan fingerprint density at radius 3 is 2.56 bits per heavy atom. The van der Waals surface area contributed by atoms with Gasteiger partial charge in [0.1, 0.15) is 0 Å². The maximum Gasteiger partial charge on any atom is 0.182 e. The summed E-state index contributed by atoms with van der Waals surface area (Å²) in [6.07, 6.45) is 5.18. The first kappa shape index (κ1) is 13.1. The molecule has 1 atom stereocenters. The van der Waals surface area contributed by atoms with Gasteiger partial charge < -0.3 is 9.47 Å². The predicted octanol–water partition coefficient (Wildman–Crippen LogP) is 2.43. The molecule has 0 aliphatic carbocycles. The average molecular weight is 250 g/mol. The highest BCUT2D eigenvalue weighted by Gasteiger charge is 2.28. The van der Waals surface area contributed by atoms with Crippen molar-refractivity contribution in [1.82, 2.24) is 9.88 Å². The van der Waals surface area contributed by atoms with Gasteiger partial charge in [0.2, 0.25) is 0 Å². The van der Waals surface area contributed by atoms with Gasteiger partial charge in [0, 0.05) is 17.8 Å². The maximum atomic E-state index is 5.58. The van der Waals surface area contributed by atoms with Gasteiger partial charge in [-0.3, -0.25) is 9.88 Å². The number of hydrogen-bond acceptors (Lipinski definition) is 4. The third-order valence-corrected chi connectivity index (χ3v) is 3.71. The van der Waals surface area contributed by atoms with Crippen LogP contribution >= 0.6 is 0 Å². The van der Waals surface area contributed by atoms with Gasteiger partial charge in [-0.05, 0) is 32.9 Å². The molecule has 0 spiro atoms. The summed E-state index contributed by atoms with van der Waals surface area (Å²) in [5, 5.41) is 0. The Balaban J connectivity index is 2.47. The maximum absolute atomic E-state index is 5.58. The molecule has 2 heterocycles. The monoisotopic (exact) mass is 250 g/mol. The molecule has 0 saturated carbocycles. The molecule has 0 aromatic carbocycles. The number of nitrogens with zero attached hydrogens (tertiary/aromatic N) is 2. The van der Waals surface area contributed by atoms with Crippen LogP contribution in [0.15, 0.2) is 6.20 Å². The Hall–Kier alpha value is -1.29. The second kappa shape index (κ2) is 5.57. The lowest BCUT2D eigenvalue weighted by atomic mass is 10.0. The third kappa shape index (κ3) is 2.17. The van der Waals surface area contributed by atoms with E-state index >= 15 is 0 Å². The number of ether oxygens (including phenoxy) is 2. The molecule has 1 aromatic rings. The second-order valence-corrected chi connectivity index (χ2v) is 4.72. The Morgan fingerprint density at radius 1 is 1.33 bits per heavy atom. The zero-order valence-electron chi connectivity index (χ0n) is 11.7. The first-order chi connectivity index (χ1) is 8.72. The Bertz CT molecular complexity index is 421. The van der Waals surface area contributed by atoms with Gasteiger partial charge in [-0.2, -0.15) is 0 Å². The highest BCUT2D eigenvalue weighted by atomic mass is 16.5. The first-order valence-corrected chi connectivity index (χ1v) is 6.52. The van der Waals surface area contributed by atoms with Crippen LogP contribution in [0.3, 0.4) is 0 Å². The minimum absolute atomic E-state index is 0.396. The van der Waals surface area contributed by atoms with Crippen LogP contribution in [-0.2, 0) is 6.42 Å². The number of hydrogen-bond donors (Lipinski definition) is 0. The molecule has 4 nitrogen and oxygen atoms in total. The van der Waals surface area contributed by atoms with Crippen LogP contribution in [-0.4, -0.2) is 37.7 Å². The van der Waals surface area contributed by atoms with Crippen LogP contribution in [0.1, 0.15) is 37.1 Å². The quantitative estimate of drug-likeness (QED) is 0.822. The van der Waals surface area contributed by atoms with Crippen molar-refractivity contribution in [2.75, 3.05) is 27.8 Å². The smallest absolute Gasteiger partial charge is 0.182 e. The molecule has 0 bridgehead atoms. The van der Waals surface area contributed by atoms with Crippen molar-refractivity contribution in [3.63, 3.8) is 0 Å². The molecule has 1 saturated heterocycles. The normalized spacial score (nSPS) is 20.1. The van der Waals surface area contributed by atoms with Gasteiger partial charge in [-0.25, -0.2) is 0 Å². The zero-order chi connectivity index (χ0) is 13.1. The summed E-state index contributed by atoms with van der Waals surface area (Å²) >= 11 is 0. The standard InChI is InChI=1S/C14H22N2O2/c1-5-11-14(18-4)13(17-3)10(9-15-11)12-7-6-8-16(12)2/h9,12H,5-8H2,1-4H3. The lowest BCUT2D eigenvalue weighted by Gasteiger charge is -2.23. The number of aryl methyl sites for hydroxylation is 1. The minimum Gasteiger partial charge on any atom is -0.492 e. The van der Waals surface area contributed by atoms with Crippen LogP contribution in [0.25, 0.3) is 0 Å². The highest BCUT2D eigenvalue weighted by Crippen LogP contribution is 2.41. The van der Waals surface area contributed by atoms with E-state index in [0.29, 0.717) is 6.04 Å². The fraction of sp³-hybridized carbons (Fsp3) is 0.643. The molecule has 18 heavy (non-hydrogen) atoms.